The molecule has 0 aliphatic heterocycles. The van der Waals surface area contributed by atoms with Gasteiger partial charge in [-0.15, -0.1) is 0 Å². The SMILES string of the molecule is CN(C)C(=O)c1ccc(C#CCNS(=O)(=O)c2cccc([N+](=O)[O-])c2)cc1. The van der Waals surface area contributed by atoms with Crippen LogP contribution in [0.2, 0.25) is 0 Å². The van der Waals surface area contributed by atoms with Crippen molar-refractivity contribution in [3.63, 3.8) is 0 Å². The second kappa shape index (κ2) is 8.44. The lowest BCUT2D eigenvalue weighted by atomic mass is 10.1. The third-order valence-electron chi connectivity index (χ3n) is 3.46. The molecule has 9 heteroatoms. The van der Waals surface area contributed by atoms with Gasteiger partial charge >= 0.3 is 0 Å². The van der Waals surface area contributed by atoms with Crippen molar-refractivity contribution >= 4 is 21.6 Å². The third kappa shape index (κ3) is 5.37. The molecule has 0 atom stereocenters. The Morgan fingerprint density at radius 3 is 2.44 bits per heavy atom. The van der Waals surface area contributed by atoms with E-state index in [0.717, 1.165) is 6.07 Å². The molecule has 2 aromatic carbocycles. The molecule has 140 valence electrons. The van der Waals surface area contributed by atoms with Crippen LogP contribution in [0.5, 0.6) is 0 Å². The summed E-state index contributed by atoms with van der Waals surface area (Å²) in [6.45, 7) is -0.163. The van der Waals surface area contributed by atoms with Crippen LogP contribution in [-0.2, 0) is 10.0 Å². The Labute approximate surface area is 157 Å². The maximum absolute atomic E-state index is 12.2. The molecule has 2 rings (SSSR count). The average molecular weight is 387 g/mol. The molecule has 0 fully saturated rings. The fourth-order valence-corrected chi connectivity index (χ4v) is 3.04. The van der Waals surface area contributed by atoms with Gasteiger partial charge in [0.1, 0.15) is 0 Å². The number of non-ortho nitro benzene ring substituents is 1. The highest BCUT2D eigenvalue weighted by molar-refractivity contribution is 7.89. The molecular weight excluding hydrogens is 370 g/mol. The van der Waals surface area contributed by atoms with Crippen molar-refractivity contribution in [2.75, 3.05) is 20.6 Å². The number of nitro groups is 1. The molecule has 0 unspecified atom stereocenters. The number of carbonyl (C=O) groups excluding carboxylic acids is 1. The molecule has 0 bridgehead atoms. The summed E-state index contributed by atoms with van der Waals surface area (Å²) in [5, 5.41) is 10.7. The zero-order valence-corrected chi connectivity index (χ0v) is 15.5. The Morgan fingerprint density at radius 1 is 1.19 bits per heavy atom. The number of rotatable bonds is 5. The van der Waals surface area contributed by atoms with E-state index in [1.54, 1.807) is 38.4 Å². The lowest BCUT2D eigenvalue weighted by molar-refractivity contribution is -0.385. The van der Waals surface area contributed by atoms with E-state index in [-0.39, 0.29) is 23.0 Å². The number of benzene rings is 2. The van der Waals surface area contributed by atoms with E-state index in [0.29, 0.717) is 11.1 Å². The predicted octanol–water partition coefficient (Wildman–Crippen LogP) is 1.63. The van der Waals surface area contributed by atoms with Crippen LogP contribution in [0.15, 0.2) is 53.4 Å². The molecule has 0 aliphatic carbocycles. The number of carbonyl (C=O) groups is 1. The fourth-order valence-electron chi connectivity index (χ4n) is 2.08. The van der Waals surface area contributed by atoms with E-state index in [2.05, 4.69) is 16.6 Å². The smallest absolute Gasteiger partial charge is 0.270 e. The summed E-state index contributed by atoms with van der Waals surface area (Å²) < 4.78 is 26.6. The molecule has 0 aliphatic rings. The molecule has 0 heterocycles. The van der Waals surface area contributed by atoms with E-state index in [1.807, 2.05) is 0 Å². The van der Waals surface area contributed by atoms with Gasteiger partial charge in [-0.25, -0.2) is 8.42 Å². The van der Waals surface area contributed by atoms with Crippen molar-refractivity contribution in [3.05, 3.63) is 69.8 Å². The molecule has 1 N–H and O–H groups in total. The van der Waals surface area contributed by atoms with Crippen molar-refractivity contribution in [2.45, 2.75) is 4.90 Å². The second-order valence-electron chi connectivity index (χ2n) is 5.66. The van der Waals surface area contributed by atoms with Gasteiger partial charge in [0.05, 0.1) is 16.4 Å². The predicted molar refractivity (Wildman–Crippen MR) is 99.6 cm³/mol. The number of nitrogens with one attached hydrogen (secondary N) is 1. The van der Waals surface area contributed by atoms with Crippen molar-refractivity contribution in [2.24, 2.45) is 0 Å². The topological polar surface area (TPSA) is 110 Å². The summed E-state index contributed by atoms with van der Waals surface area (Å²) in [5.74, 6) is 5.32. The van der Waals surface area contributed by atoms with Gasteiger partial charge in [-0.1, -0.05) is 17.9 Å². The molecule has 2 aromatic rings. The monoisotopic (exact) mass is 387 g/mol. The molecule has 0 aromatic heterocycles. The number of amides is 1. The van der Waals surface area contributed by atoms with Gasteiger partial charge in [0.2, 0.25) is 10.0 Å². The van der Waals surface area contributed by atoms with Gasteiger partial charge in [0.25, 0.3) is 11.6 Å². The van der Waals surface area contributed by atoms with Crippen LogP contribution in [0, 0.1) is 22.0 Å². The molecule has 0 spiro atoms. The molecular formula is C18H17N3O5S. The van der Waals surface area contributed by atoms with Crippen LogP contribution in [0.3, 0.4) is 0 Å². The number of hydrogen-bond donors (Lipinski definition) is 1. The molecule has 0 saturated heterocycles. The molecule has 8 nitrogen and oxygen atoms in total. The first-order valence-electron chi connectivity index (χ1n) is 7.75. The summed E-state index contributed by atoms with van der Waals surface area (Å²) in [7, 11) is -0.593. The quantitative estimate of drug-likeness (QED) is 0.476. The summed E-state index contributed by atoms with van der Waals surface area (Å²) in [5.41, 5.74) is 0.841. The Bertz CT molecular complexity index is 1020. The highest BCUT2D eigenvalue weighted by Crippen LogP contribution is 2.16. The Kier molecular flexibility index (Phi) is 6.28. The highest BCUT2D eigenvalue weighted by atomic mass is 32.2. The van der Waals surface area contributed by atoms with E-state index in [1.165, 1.54) is 23.1 Å². The van der Waals surface area contributed by atoms with Crippen LogP contribution >= 0.6 is 0 Å². The van der Waals surface area contributed by atoms with Crippen LogP contribution in [0.4, 0.5) is 5.69 Å². The first-order chi connectivity index (χ1) is 12.7. The third-order valence-corrected chi connectivity index (χ3v) is 4.86. The minimum atomic E-state index is -3.91. The van der Waals surface area contributed by atoms with Gasteiger partial charge < -0.3 is 4.90 Å². The Hall–Kier alpha value is -3.22. The van der Waals surface area contributed by atoms with Crippen molar-refractivity contribution in [1.82, 2.24) is 9.62 Å². The lowest BCUT2D eigenvalue weighted by Gasteiger charge is -2.09. The van der Waals surface area contributed by atoms with Crippen LogP contribution in [0.1, 0.15) is 15.9 Å². The van der Waals surface area contributed by atoms with E-state index < -0.39 is 14.9 Å². The minimum absolute atomic E-state index is 0.126. The average Bonchev–Trinajstić information content (AvgIpc) is 2.65. The number of nitrogens with zero attached hydrogens (tertiary/aromatic N) is 2. The minimum Gasteiger partial charge on any atom is -0.345 e. The van der Waals surface area contributed by atoms with E-state index in [4.69, 9.17) is 0 Å². The zero-order valence-electron chi connectivity index (χ0n) is 14.7. The zero-order chi connectivity index (χ0) is 20.0. The molecule has 0 saturated carbocycles. The largest absolute Gasteiger partial charge is 0.345 e. The first kappa shape index (κ1) is 20.1. The first-order valence-corrected chi connectivity index (χ1v) is 9.24. The summed E-state index contributed by atoms with van der Waals surface area (Å²) in [4.78, 5) is 23.1. The van der Waals surface area contributed by atoms with Crippen molar-refractivity contribution in [3.8, 4) is 11.8 Å². The highest BCUT2D eigenvalue weighted by Gasteiger charge is 2.16. The summed E-state index contributed by atoms with van der Waals surface area (Å²) in [6, 6.07) is 11.4. The molecule has 27 heavy (non-hydrogen) atoms. The Balaban J connectivity index is 2.03. The van der Waals surface area contributed by atoms with Crippen molar-refractivity contribution < 1.29 is 18.1 Å². The standard InChI is InChI=1S/C18H17N3O5S/c1-20(2)18(22)15-10-8-14(9-11-15)5-4-12-19-27(25,26)17-7-3-6-16(13-17)21(23)24/h3,6-11,13,19H,12H2,1-2H3. The van der Waals surface area contributed by atoms with Gasteiger partial charge in [-0.05, 0) is 30.3 Å². The fraction of sp³-hybridized carbons (Fsp3) is 0.167. The van der Waals surface area contributed by atoms with E-state index in [9.17, 15) is 23.3 Å². The second-order valence-corrected chi connectivity index (χ2v) is 7.42. The number of sulfonamides is 1. The van der Waals surface area contributed by atoms with Gasteiger partial charge in [0.15, 0.2) is 0 Å². The maximum Gasteiger partial charge on any atom is 0.270 e. The molecule has 0 radical (unpaired) electrons. The molecule has 1 amide bonds. The van der Waals surface area contributed by atoms with Crippen LogP contribution in [-0.4, -0.2) is 44.8 Å². The number of hydrogen-bond acceptors (Lipinski definition) is 5. The van der Waals surface area contributed by atoms with Crippen LogP contribution in [0.25, 0.3) is 0 Å². The van der Waals surface area contributed by atoms with E-state index >= 15 is 0 Å². The van der Waals surface area contributed by atoms with Crippen LogP contribution < -0.4 is 4.72 Å². The van der Waals surface area contributed by atoms with Crippen molar-refractivity contribution in [1.29, 1.82) is 0 Å². The normalized spacial score (nSPS) is 10.6. The lowest BCUT2D eigenvalue weighted by Crippen LogP contribution is -2.24. The number of nitro benzene ring substituents is 1. The van der Waals surface area contributed by atoms with Gasteiger partial charge in [0, 0.05) is 37.4 Å². The maximum atomic E-state index is 12.2. The summed E-state index contributed by atoms with van der Waals surface area (Å²) in [6.07, 6.45) is 0. The Morgan fingerprint density at radius 2 is 1.85 bits per heavy atom. The van der Waals surface area contributed by atoms with Gasteiger partial charge in [-0.3, -0.25) is 14.9 Å². The van der Waals surface area contributed by atoms with Gasteiger partial charge in [-0.2, -0.15) is 4.72 Å². The summed E-state index contributed by atoms with van der Waals surface area (Å²) >= 11 is 0.